The molecule has 156 valence electrons. The first kappa shape index (κ1) is 23.9. The van der Waals surface area contributed by atoms with Gasteiger partial charge < -0.3 is 40.9 Å². The highest BCUT2D eigenvalue weighted by Gasteiger charge is 2.29. The molecule has 1 aromatic rings. The lowest BCUT2D eigenvalue weighted by Gasteiger charge is -2.32. The van der Waals surface area contributed by atoms with Crippen molar-refractivity contribution in [1.29, 1.82) is 0 Å². The van der Waals surface area contributed by atoms with Crippen molar-refractivity contribution < 1.29 is 40.9 Å². The molecule has 0 saturated heterocycles. The standard InChI is InChI=1S/C18H31NO8/c20-10-15(24)17(26)13(22)8-19(7-6-12-4-2-1-3-5-12)9-14(23)18(27)16(25)11-21/h1-5,13-18,20-27H,6-11H2/t13-,14-,15-,16-,17+,18+/m1/s1. The van der Waals surface area contributed by atoms with Gasteiger partial charge in [0.05, 0.1) is 25.4 Å². The average molecular weight is 389 g/mol. The number of benzene rings is 1. The lowest BCUT2D eigenvalue weighted by Crippen LogP contribution is -2.50. The van der Waals surface area contributed by atoms with Gasteiger partial charge in [-0.15, -0.1) is 0 Å². The molecule has 0 aliphatic carbocycles. The Labute approximate surface area is 158 Å². The molecular formula is C18H31NO8. The number of hydrogen-bond acceptors (Lipinski definition) is 9. The normalized spacial score (nSPS) is 18.7. The second kappa shape index (κ2) is 12.3. The van der Waals surface area contributed by atoms with Crippen LogP contribution in [0.2, 0.25) is 0 Å². The molecule has 8 N–H and O–H groups in total. The molecule has 1 rings (SSSR count). The topological polar surface area (TPSA) is 165 Å². The molecule has 0 aliphatic heterocycles. The fourth-order valence-corrected chi connectivity index (χ4v) is 2.66. The molecule has 9 nitrogen and oxygen atoms in total. The van der Waals surface area contributed by atoms with Crippen LogP contribution in [0.25, 0.3) is 0 Å². The Balaban J connectivity index is 2.75. The Morgan fingerprint density at radius 1 is 0.667 bits per heavy atom. The number of hydrogen-bond donors (Lipinski definition) is 8. The molecule has 0 aliphatic rings. The summed E-state index contributed by atoms with van der Waals surface area (Å²) in [6.07, 6.45) is -8.45. The zero-order valence-corrected chi connectivity index (χ0v) is 15.1. The largest absolute Gasteiger partial charge is 0.394 e. The van der Waals surface area contributed by atoms with E-state index in [1.165, 1.54) is 0 Å². The van der Waals surface area contributed by atoms with Crippen molar-refractivity contribution in [1.82, 2.24) is 4.90 Å². The summed E-state index contributed by atoms with van der Waals surface area (Å²) in [5, 5.41) is 76.5. The Morgan fingerprint density at radius 2 is 1.11 bits per heavy atom. The molecule has 0 amide bonds. The predicted octanol–water partition coefficient (Wildman–Crippen LogP) is -3.32. The van der Waals surface area contributed by atoms with Crippen LogP contribution < -0.4 is 0 Å². The van der Waals surface area contributed by atoms with E-state index in [0.29, 0.717) is 13.0 Å². The minimum absolute atomic E-state index is 0.149. The van der Waals surface area contributed by atoms with Gasteiger partial charge in [-0.25, -0.2) is 0 Å². The van der Waals surface area contributed by atoms with Crippen molar-refractivity contribution in [3.63, 3.8) is 0 Å². The van der Waals surface area contributed by atoms with Gasteiger partial charge >= 0.3 is 0 Å². The molecule has 0 spiro atoms. The maximum atomic E-state index is 10.1. The molecule has 6 atom stereocenters. The number of aliphatic hydroxyl groups is 8. The summed E-state index contributed by atoms with van der Waals surface area (Å²) in [5.41, 5.74) is 0.998. The summed E-state index contributed by atoms with van der Waals surface area (Å²) in [6, 6.07) is 9.41. The van der Waals surface area contributed by atoms with Gasteiger partial charge in [-0.1, -0.05) is 30.3 Å². The van der Waals surface area contributed by atoms with E-state index < -0.39 is 49.8 Å². The van der Waals surface area contributed by atoms with Gasteiger partial charge in [-0.2, -0.15) is 0 Å². The van der Waals surface area contributed by atoms with E-state index in [1.54, 1.807) is 4.90 Å². The van der Waals surface area contributed by atoms with E-state index in [4.69, 9.17) is 10.2 Å². The summed E-state index contributed by atoms with van der Waals surface area (Å²) in [5.74, 6) is 0. The summed E-state index contributed by atoms with van der Waals surface area (Å²) >= 11 is 0. The Bertz CT molecular complexity index is 481. The van der Waals surface area contributed by atoms with Gasteiger partial charge in [0.25, 0.3) is 0 Å². The quantitative estimate of drug-likeness (QED) is 0.172. The van der Waals surface area contributed by atoms with Gasteiger partial charge in [0.15, 0.2) is 0 Å². The van der Waals surface area contributed by atoms with Crippen LogP contribution in [0.15, 0.2) is 30.3 Å². The van der Waals surface area contributed by atoms with Gasteiger partial charge in [0.2, 0.25) is 0 Å². The molecule has 0 saturated carbocycles. The number of aliphatic hydroxyl groups excluding tert-OH is 8. The second-order valence-electron chi connectivity index (χ2n) is 6.61. The first-order valence-electron chi connectivity index (χ1n) is 8.86. The van der Waals surface area contributed by atoms with Gasteiger partial charge in [-0.05, 0) is 12.0 Å². The van der Waals surface area contributed by atoms with E-state index in [2.05, 4.69) is 0 Å². The smallest absolute Gasteiger partial charge is 0.109 e. The third-order valence-electron chi connectivity index (χ3n) is 4.40. The fourth-order valence-electron chi connectivity index (χ4n) is 2.66. The fraction of sp³-hybridized carbons (Fsp3) is 0.667. The van der Waals surface area contributed by atoms with Crippen molar-refractivity contribution in [3.05, 3.63) is 35.9 Å². The molecule has 0 bridgehead atoms. The SMILES string of the molecule is OC[C@@H](O)[C@@H](O)[C@H](O)CN(CCc1ccccc1)C[C@@H](O)[C@H](O)[C@H](O)CO. The van der Waals surface area contributed by atoms with Gasteiger partial charge in [0.1, 0.15) is 24.4 Å². The van der Waals surface area contributed by atoms with Crippen molar-refractivity contribution in [2.24, 2.45) is 0 Å². The second-order valence-corrected chi connectivity index (χ2v) is 6.61. The van der Waals surface area contributed by atoms with Crippen LogP contribution in [0.5, 0.6) is 0 Å². The molecule has 0 radical (unpaired) electrons. The maximum Gasteiger partial charge on any atom is 0.109 e. The van der Waals surface area contributed by atoms with Crippen LogP contribution >= 0.6 is 0 Å². The highest BCUT2D eigenvalue weighted by Crippen LogP contribution is 2.09. The molecule has 0 unspecified atom stereocenters. The Kier molecular flexibility index (Phi) is 10.9. The van der Waals surface area contributed by atoms with Crippen LogP contribution in [0, 0.1) is 0 Å². The van der Waals surface area contributed by atoms with E-state index in [0.717, 1.165) is 5.56 Å². The average Bonchev–Trinajstić information content (AvgIpc) is 2.69. The summed E-state index contributed by atoms with van der Waals surface area (Å²) in [7, 11) is 0. The summed E-state index contributed by atoms with van der Waals surface area (Å²) in [4.78, 5) is 1.56. The first-order chi connectivity index (χ1) is 12.8. The maximum absolute atomic E-state index is 10.1. The predicted molar refractivity (Wildman–Crippen MR) is 96.8 cm³/mol. The van der Waals surface area contributed by atoms with Crippen LogP contribution in [-0.2, 0) is 6.42 Å². The minimum atomic E-state index is -1.58. The molecular weight excluding hydrogens is 358 g/mol. The van der Waals surface area contributed by atoms with Crippen LogP contribution in [0.1, 0.15) is 5.56 Å². The number of nitrogens with zero attached hydrogens (tertiary/aromatic N) is 1. The Morgan fingerprint density at radius 3 is 1.52 bits per heavy atom. The molecule has 0 aromatic heterocycles. The highest BCUT2D eigenvalue weighted by atomic mass is 16.4. The van der Waals surface area contributed by atoms with Crippen molar-refractivity contribution >= 4 is 0 Å². The van der Waals surface area contributed by atoms with E-state index in [1.807, 2.05) is 30.3 Å². The van der Waals surface area contributed by atoms with Crippen molar-refractivity contribution in [2.75, 3.05) is 32.8 Å². The molecule has 1 aromatic carbocycles. The summed E-state index contributed by atoms with van der Waals surface area (Å²) in [6.45, 7) is -1.38. The minimum Gasteiger partial charge on any atom is -0.394 e. The van der Waals surface area contributed by atoms with E-state index in [9.17, 15) is 30.6 Å². The highest BCUT2D eigenvalue weighted by molar-refractivity contribution is 5.14. The van der Waals surface area contributed by atoms with E-state index in [-0.39, 0.29) is 13.1 Å². The molecule has 9 heteroatoms. The zero-order valence-electron chi connectivity index (χ0n) is 15.1. The third-order valence-corrected chi connectivity index (χ3v) is 4.40. The van der Waals surface area contributed by atoms with Crippen LogP contribution in [0.3, 0.4) is 0 Å². The molecule has 0 heterocycles. The van der Waals surface area contributed by atoms with Gasteiger partial charge in [-0.3, -0.25) is 4.90 Å². The molecule has 0 fully saturated rings. The zero-order chi connectivity index (χ0) is 20.4. The van der Waals surface area contributed by atoms with Crippen LogP contribution in [0.4, 0.5) is 0 Å². The van der Waals surface area contributed by atoms with Gasteiger partial charge in [0, 0.05) is 19.6 Å². The monoisotopic (exact) mass is 389 g/mol. The Hall–Kier alpha value is -1.14. The van der Waals surface area contributed by atoms with Crippen molar-refractivity contribution in [3.8, 4) is 0 Å². The number of rotatable bonds is 13. The molecule has 27 heavy (non-hydrogen) atoms. The van der Waals surface area contributed by atoms with Crippen molar-refractivity contribution in [2.45, 2.75) is 43.0 Å². The van der Waals surface area contributed by atoms with Crippen LogP contribution in [-0.4, -0.2) is 115 Å². The lowest BCUT2D eigenvalue weighted by atomic mass is 10.0. The first-order valence-corrected chi connectivity index (χ1v) is 8.86. The third kappa shape index (κ3) is 8.18. The van der Waals surface area contributed by atoms with E-state index >= 15 is 0 Å². The lowest BCUT2D eigenvalue weighted by molar-refractivity contribution is -0.0999. The summed E-state index contributed by atoms with van der Waals surface area (Å²) < 4.78 is 0.